The van der Waals surface area contributed by atoms with E-state index in [-0.39, 0.29) is 42.7 Å². The van der Waals surface area contributed by atoms with Crippen molar-refractivity contribution in [3.8, 4) is 40.2 Å². The number of benzene rings is 9. The average molecular weight is 1130 g/mol. The number of carbonyl (C=O) groups excluding carboxylic acids is 6. The van der Waals surface area contributed by atoms with Gasteiger partial charge in [-0.3, -0.25) is 34.2 Å². The SMILES string of the molecule is C.CCOC(=O)c1ccc(N2C(=O)c3ccccc3Oc3ccccc32)cc1.CCOC(=O)c1ccc(O[B]O)cc1.O=C(NO)c1ccc(N2C(=O)c3ccccc3Oc3ccccc32)cc1.O=C1Nc2ccccc2Oc2ccccc21. The normalized spacial score (nSPS) is 11.9. The molecular weight excluding hydrogens is 1070 g/mol. The zero-order valence-electron chi connectivity index (χ0n) is 44.5. The van der Waals surface area contributed by atoms with Crippen LogP contribution in [0.15, 0.2) is 218 Å². The molecule has 3 heterocycles. The lowest BCUT2D eigenvalue weighted by atomic mass is 10.1. The maximum Gasteiger partial charge on any atom is 0.569 e. The molecule has 3 aliphatic heterocycles. The molecule has 19 heteroatoms. The van der Waals surface area contributed by atoms with E-state index in [2.05, 4.69) is 9.97 Å². The third kappa shape index (κ3) is 13.6. The third-order valence-corrected chi connectivity index (χ3v) is 12.5. The Morgan fingerprint density at radius 2 is 0.845 bits per heavy atom. The van der Waals surface area contributed by atoms with Crippen molar-refractivity contribution in [2.75, 3.05) is 28.3 Å². The van der Waals surface area contributed by atoms with Crippen LogP contribution in [0.2, 0.25) is 0 Å². The van der Waals surface area contributed by atoms with Crippen LogP contribution in [0.25, 0.3) is 0 Å². The highest BCUT2D eigenvalue weighted by atomic mass is 16.5. The van der Waals surface area contributed by atoms with Crippen molar-refractivity contribution in [1.82, 2.24) is 5.48 Å². The summed E-state index contributed by atoms with van der Waals surface area (Å²) in [5, 5.41) is 19.9. The predicted molar refractivity (Wildman–Crippen MR) is 316 cm³/mol. The van der Waals surface area contributed by atoms with Gasteiger partial charge in [0.1, 0.15) is 23.0 Å². The molecule has 4 N–H and O–H groups in total. The smallest absolute Gasteiger partial charge is 0.537 e. The molecule has 0 aromatic heterocycles. The van der Waals surface area contributed by atoms with Crippen molar-refractivity contribution in [1.29, 1.82) is 0 Å². The number of para-hydroxylation sites is 9. The molecule has 0 saturated heterocycles. The molecule has 9 aromatic rings. The second-order valence-corrected chi connectivity index (χ2v) is 17.7. The summed E-state index contributed by atoms with van der Waals surface area (Å²) in [6, 6.07) is 62.8. The van der Waals surface area contributed by atoms with Gasteiger partial charge in [0.25, 0.3) is 23.6 Å². The van der Waals surface area contributed by atoms with E-state index in [1.165, 1.54) is 12.1 Å². The van der Waals surface area contributed by atoms with Gasteiger partial charge in [0.05, 0.1) is 58.1 Å². The monoisotopic (exact) mass is 1130 g/mol. The Morgan fingerprint density at radius 3 is 1.30 bits per heavy atom. The summed E-state index contributed by atoms with van der Waals surface area (Å²) in [4.78, 5) is 76.1. The van der Waals surface area contributed by atoms with Crippen LogP contribution in [-0.4, -0.2) is 66.7 Å². The lowest BCUT2D eigenvalue weighted by molar-refractivity contribution is 0.0516. The van der Waals surface area contributed by atoms with Gasteiger partial charge in [-0.1, -0.05) is 80.2 Å². The third-order valence-electron chi connectivity index (χ3n) is 12.5. The van der Waals surface area contributed by atoms with Gasteiger partial charge in [-0.2, -0.15) is 0 Å². The van der Waals surface area contributed by atoms with Crippen LogP contribution in [0, 0.1) is 0 Å². The molecule has 12 rings (SSSR count). The molecule has 421 valence electrons. The minimum atomic E-state index is -0.618. The minimum Gasteiger partial charge on any atom is -0.537 e. The van der Waals surface area contributed by atoms with Gasteiger partial charge < -0.3 is 38.7 Å². The topological polar surface area (TPSA) is 229 Å². The fraction of sp³-hybridized carbons (Fsp3) is 0.0769. The summed E-state index contributed by atoms with van der Waals surface area (Å²) in [5.41, 5.74) is 7.40. The minimum absolute atomic E-state index is 0. The molecular formula is C65H54BN4O14. The van der Waals surface area contributed by atoms with Crippen molar-refractivity contribution in [2.24, 2.45) is 0 Å². The molecule has 0 unspecified atom stereocenters. The van der Waals surface area contributed by atoms with Crippen LogP contribution in [0.4, 0.5) is 28.4 Å². The number of esters is 2. The first-order valence-electron chi connectivity index (χ1n) is 25.8. The van der Waals surface area contributed by atoms with E-state index >= 15 is 0 Å². The maximum atomic E-state index is 13.3. The fourth-order valence-electron chi connectivity index (χ4n) is 8.57. The Kier molecular flexibility index (Phi) is 19.6. The van der Waals surface area contributed by atoms with Crippen molar-refractivity contribution in [2.45, 2.75) is 21.3 Å². The van der Waals surface area contributed by atoms with Crippen molar-refractivity contribution in [3.63, 3.8) is 0 Å². The van der Waals surface area contributed by atoms with E-state index in [1.807, 2.05) is 84.9 Å². The molecule has 0 fully saturated rings. The molecule has 0 aliphatic carbocycles. The first kappa shape index (κ1) is 59.1. The van der Waals surface area contributed by atoms with Gasteiger partial charge in [0.15, 0.2) is 17.2 Å². The standard InChI is InChI=1S/C22H17NO4.C20H14N2O4.C13H9NO2.C9H10BO4.CH4/c1-2-26-22(25)15-11-13-16(14-12-15)23-18-8-4-6-10-20(18)27-19-9-5-3-7-17(19)21(23)24;23-19(21-25)13-9-11-14(12-10-13)22-16-6-2-4-8-18(16)26-17-7-3-1-5-15(17)20(22)24;15-13-9-5-1-3-7-11(9)16-12-8-4-2-6-10(12)14-13;1-2-13-9(11)7-3-5-8(6-4-7)14-10-12;/h3-14H,2H2,1H3;1-12,25H,(H,21,23);1-8H,(H,14,15);3-6,12H,2H2,1H3;1H4. The Bertz CT molecular complexity index is 3820. The molecule has 0 spiro atoms. The maximum absolute atomic E-state index is 13.3. The Morgan fingerprint density at radius 1 is 0.476 bits per heavy atom. The summed E-state index contributed by atoms with van der Waals surface area (Å²) >= 11 is 0. The van der Waals surface area contributed by atoms with Crippen molar-refractivity contribution in [3.05, 3.63) is 252 Å². The van der Waals surface area contributed by atoms with Crippen LogP contribution < -0.4 is 39.5 Å². The number of hydroxylamine groups is 1. The van der Waals surface area contributed by atoms with E-state index in [9.17, 15) is 28.8 Å². The molecule has 9 aromatic carbocycles. The summed E-state index contributed by atoms with van der Waals surface area (Å²) in [6.07, 6.45) is 0. The first-order chi connectivity index (χ1) is 40.5. The number of anilines is 5. The Labute approximate surface area is 484 Å². The zero-order chi connectivity index (χ0) is 58.2. The molecule has 84 heavy (non-hydrogen) atoms. The zero-order valence-corrected chi connectivity index (χ0v) is 44.5. The number of rotatable bonds is 9. The summed E-state index contributed by atoms with van der Waals surface area (Å²) in [6.45, 7) is 4.17. The van der Waals surface area contributed by atoms with Gasteiger partial charge in [-0.05, 0) is 159 Å². The lowest BCUT2D eigenvalue weighted by Crippen LogP contribution is -2.25. The van der Waals surface area contributed by atoms with E-state index in [1.54, 1.807) is 150 Å². The number of hydrogen-bond donors (Lipinski definition) is 4. The average Bonchev–Trinajstić information content (AvgIpc) is 3.38. The molecule has 18 nitrogen and oxygen atoms in total. The van der Waals surface area contributed by atoms with Crippen molar-refractivity contribution < 1.29 is 67.3 Å². The summed E-state index contributed by atoms with van der Waals surface area (Å²) in [5.74, 6) is 1.92. The van der Waals surface area contributed by atoms with Gasteiger partial charge in [0, 0.05) is 16.9 Å². The number of amides is 4. The van der Waals surface area contributed by atoms with E-state index in [4.69, 9.17) is 33.9 Å². The van der Waals surface area contributed by atoms with Crippen LogP contribution >= 0.6 is 0 Å². The molecule has 1 radical (unpaired) electrons. The predicted octanol–water partition coefficient (Wildman–Crippen LogP) is 13.3. The van der Waals surface area contributed by atoms with Crippen molar-refractivity contribution >= 4 is 71.7 Å². The molecule has 3 aliphatic rings. The van der Waals surface area contributed by atoms with Crippen LogP contribution in [0.1, 0.15) is 83.4 Å². The highest BCUT2D eigenvalue weighted by Crippen LogP contribution is 2.44. The summed E-state index contributed by atoms with van der Waals surface area (Å²) in [7, 11) is 0.583. The lowest BCUT2D eigenvalue weighted by Gasteiger charge is -2.22. The fourth-order valence-corrected chi connectivity index (χ4v) is 8.57. The van der Waals surface area contributed by atoms with E-state index < -0.39 is 5.91 Å². The second kappa shape index (κ2) is 27.9. The van der Waals surface area contributed by atoms with Crippen LogP contribution in [0.5, 0.6) is 40.2 Å². The van der Waals surface area contributed by atoms with Gasteiger partial charge in [-0.25, -0.2) is 15.1 Å². The largest absolute Gasteiger partial charge is 0.569 e. The highest BCUT2D eigenvalue weighted by molar-refractivity contribution is 6.17. The molecule has 0 bridgehead atoms. The van der Waals surface area contributed by atoms with E-state index in [0.29, 0.717) is 117 Å². The van der Waals surface area contributed by atoms with Crippen LogP contribution in [0.3, 0.4) is 0 Å². The number of fused-ring (bicyclic) bond motifs is 6. The number of carbonyl (C=O) groups is 6. The van der Waals surface area contributed by atoms with Gasteiger partial charge in [-0.15, -0.1) is 0 Å². The number of nitrogens with one attached hydrogen (secondary N) is 2. The number of ether oxygens (including phenoxy) is 5. The van der Waals surface area contributed by atoms with Gasteiger partial charge in [0.2, 0.25) is 0 Å². The quantitative estimate of drug-likeness (QED) is 0.0456. The van der Waals surface area contributed by atoms with E-state index in [0.717, 1.165) is 0 Å². The molecule has 0 saturated carbocycles. The molecule has 0 atom stereocenters. The second-order valence-electron chi connectivity index (χ2n) is 17.7. The van der Waals surface area contributed by atoms with Gasteiger partial charge >= 0.3 is 19.6 Å². The summed E-state index contributed by atoms with van der Waals surface area (Å²) < 4.78 is 32.1. The first-order valence-corrected chi connectivity index (χ1v) is 25.8. The number of hydrogen-bond acceptors (Lipinski definition) is 14. The van der Waals surface area contributed by atoms with Crippen LogP contribution in [-0.2, 0) is 9.47 Å². The Balaban J connectivity index is 0.000000151. The Hall–Kier alpha value is -11.0. The molecule has 4 amide bonds. The highest BCUT2D eigenvalue weighted by Gasteiger charge is 2.31. The number of nitrogens with zero attached hydrogens (tertiary/aromatic N) is 2.